The van der Waals surface area contributed by atoms with Crippen molar-refractivity contribution in [2.75, 3.05) is 12.4 Å². The fourth-order valence-electron chi connectivity index (χ4n) is 3.31. The molecular formula is C20H18N2O3. The maximum atomic E-state index is 12.5. The highest BCUT2D eigenvalue weighted by Gasteiger charge is 2.43. The highest BCUT2D eigenvalue weighted by Crippen LogP contribution is 2.47. The Hall–Kier alpha value is -3.08. The zero-order chi connectivity index (χ0) is 17.4. The molecular weight excluding hydrogens is 316 g/mol. The predicted molar refractivity (Wildman–Crippen MR) is 95.6 cm³/mol. The zero-order valence-corrected chi connectivity index (χ0v) is 13.8. The van der Waals surface area contributed by atoms with Gasteiger partial charge in [-0.1, -0.05) is 30.3 Å². The zero-order valence-electron chi connectivity index (χ0n) is 13.8. The topological polar surface area (TPSA) is 71.2 Å². The summed E-state index contributed by atoms with van der Waals surface area (Å²) in [5.41, 5.74) is 3.01. The van der Waals surface area contributed by atoms with Crippen molar-refractivity contribution in [2.45, 2.75) is 12.3 Å². The lowest BCUT2D eigenvalue weighted by molar-refractivity contribution is -0.117. The van der Waals surface area contributed by atoms with E-state index in [4.69, 9.17) is 4.74 Å². The lowest BCUT2D eigenvalue weighted by Gasteiger charge is -2.08. The van der Waals surface area contributed by atoms with Gasteiger partial charge in [0, 0.05) is 28.7 Å². The Morgan fingerprint density at radius 3 is 2.72 bits per heavy atom. The van der Waals surface area contributed by atoms with Crippen molar-refractivity contribution in [3.63, 3.8) is 0 Å². The number of hydrogen-bond acceptors (Lipinski definition) is 3. The van der Waals surface area contributed by atoms with Crippen LogP contribution in [-0.4, -0.2) is 24.0 Å². The molecule has 0 aliphatic heterocycles. The number of amides is 1. The summed E-state index contributed by atoms with van der Waals surface area (Å²) in [5.74, 6) is -0.191. The number of hydrogen-bond donors (Lipinski definition) is 2. The fraction of sp³-hybridized carbons (Fsp3) is 0.200. The van der Waals surface area contributed by atoms with Crippen molar-refractivity contribution >= 4 is 28.5 Å². The van der Waals surface area contributed by atoms with E-state index in [-0.39, 0.29) is 17.7 Å². The third-order valence-electron chi connectivity index (χ3n) is 4.70. The quantitative estimate of drug-likeness (QED) is 0.715. The van der Waals surface area contributed by atoms with Crippen LogP contribution in [-0.2, 0) is 9.53 Å². The fourth-order valence-corrected chi connectivity index (χ4v) is 3.31. The molecule has 2 aromatic carbocycles. The number of nitrogens with one attached hydrogen (secondary N) is 2. The molecule has 0 bridgehead atoms. The maximum absolute atomic E-state index is 12.5. The summed E-state index contributed by atoms with van der Waals surface area (Å²) in [6, 6.07) is 15.4. The Balaban J connectivity index is 1.55. The number of benzene rings is 2. The van der Waals surface area contributed by atoms with E-state index < -0.39 is 5.97 Å². The van der Waals surface area contributed by atoms with Gasteiger partial charge in [-0.25, -0.2) is 4.79 Å². The van der Waals surface area contributed by atoms with Gasteiger partial charge >= 0.3 is 5.97 Å². The monoisotopic (exact) mass is 334 g/mol. The third kappa shape index (κ3) is 2.89. The highest BCUT2D eigenvalue weighted by molar-refractivity contribution is 6.07. The number of anilines is 1. The van der Waals surface area contributed by atoms with Gasteiger partial charge in [-0.3, -0.25) is 4.79 Å². The molecule has 2 atom stereocenters. The van der Waals surface area contributed by atoms with Gasteiger partial charge in [0.25, 0.3) is 0 Å². The Bertz CT molecular complexity index is 946. The van der Waals surface area contributed by atoms with E-state index in [0.717, 1.165) is 17.3 Å². The van der Waals surface area contributed by atoms with E-state index >= 15 is 0 Å². The molecule has 1 aromatic heterocycles. The van der Waals surface area contributed by atoms with Crippen molar-refractivity contribution in [1.82, 2.24) is 4.98 Å². The molecule has 4 rings (SSSR count). The van der Waals surface area contributed by atoms with Crippen molar-refractivity contribution in [2.24, 2.45) is 5.92 Å². The molecule has 1 unspecified atom stereocenters. The number of carbonyl (C=O) groups excluding carboxylic acids is 2. The van der Waals surface area contributed by atoms with Crippen LogP contribution in [0.1, 0.15) is 28.3 Å². The minimum Gasteiger partial charge on any atom is -0.465 e. The smallest absolute Gasteiger partial charge is 0.338 e. The number of rotatable bonds is 4. The molecule has 2 N–H and O–H groups in total. The summed E-state index contributed by atoms with van der Waals surface area (Å²) >= 11 is 0. The summed E-state index contributed by atoms with van der Waals surface area (Å²) in [5, 5.41) is 3.71. The van der Waals surface area contributed by atoms with Gasteiger partial charge in [0.15, 0.2) is 0 Å². The Labute approximate surface area is 145 Å². The van der Waals surface area contributed by atoms with Crippen LogP contribution in [0.25, 0.3) is 10.9 Å². The number of ether oxygens (including phenoxy) is 1. The van der Waals surface area contributed by atoms with Crippen LogP contribution in [0.3, 0.4) is 0 Å². The second-order valence-electron chi connectivity index (χ2n) is 6.30. The first-order chi connectivity index (χ1) is 12.2. The van der Waals surface area contributed by atoms with Crippen LogP contribution in [0, 0.1) is 5.92 Å². The molecule has 126 valence electrons. The van der Waals surface area contributed by atoms with Crippen molar-refractivity contribution < 1.29 is 14.3 Å². The second-order valence-corrected chi connectivity index (χ2v) is 6.30. The normalized spacial score (nSPS) is 18.8. The van der Waals surface area contributed by atoms with Gasteiger partial charge in [-0.2, -0.15) is 0 Å². The molecule has 1 fully saturated rings. The van der Waals surface area contributed by atoms with Crippen LogP contribution in [0.5, 0.6) is 0 Å². The van der Waals surface area contributed by atoms with Crippen molar-refractivity contribution in [3.8, 4) is 0 Å². The van der Waals surface area contributed by atoms with Gasteiger partial charge in [0.05, 0.1) is 12.7 Å². The molecule has 25 heavy (non-hydrogen) atoms. The maximum Gasteiger partial charge on any atom is 0.338 e. The van der Waals surface area contributed by atoms with Gasteiger partial charge in [-0.05, 0) is 36.1 Å². The van der Waals surface area contributed by atoms with E-state index in [1.165, 1.54) is 12.7 Å². The number of fused-ring (bicyclic) bond motifs is 1. The van der Waals surface area contributed by atoms with Crippen LogP contribution in [0.2, 0.25) is 0 Å². The first-order valence-corrected chi connectivity index (χ1v) is 8.22. The van der Waals surface area contributed by atoms with Gasteiger partial charge < -0.3 is 15.0 Å². The van der Waals surface area contributed by atoms with Gasteiger partial charge in [-0.15, -0.1) is 0 Å². The summed E-state index contributed by atoms with van der Waals surface area (Å²) in [6.07, 6.45) is 2.61. The summed E-state index contributed by atoms with van der Waals surface area (Å²) in [7, 11) is 1.35. The molecule has 1 aliphatic rings. The number of carbonyl (C=O) groups is 2. The van der Waals surface area contributed by atoms with E-state index in [0.29, 0.717) is 11.3 Å². The van der Waals surface area contributed by atoms with E-state index in [1.54, 1.807) is 12.3 Å². The summed E-state index contributed by atoms with van der Waals surface area (Å²) in [6.45, 7) is 0. The molecule has 1 amide bonds. The molecule has 5 nitrogen and oxygen atoms in total. The van der Waals surface area contributed by atoms with Crippen LogP contribution < -0.4 is 5.32 Å². The van der Waals surface area contributed by atoms with Gasteiger partial charge in [0.2, 0.25) is 5.91 Å². The summed E-state index contributed by atoms with van der Waals surface area (Å²) < 4.78 is 4.84. The third-order valence-corrected chi connectivity index (χ3v) is 4.70. The molecule has 1 heterocycles. The lowest BCUT2D eigenvalue weighted by Crippen LogP contribution is -2.15. The van der Waals surface area contributed by atoms with Gasteiger partial charge in [0.1, 0.15) is 0 Å². The number of methoxy groups -OCH3 is 1. The van der Waals surface area contributed by atoms with E-state index in [9.17, 15) is 9.59 Å². The molecule has 3 aromatic rings. The van der Waals surface area contributed by atoms with Crippen molar-refractivity contribution in [3.05, 3.63) is 65.9 Å². The Morgan fingerprint density at radius 1 is 1.16 bits per heavy atom. The summed E-state index contributed by atoms with van der Waals surface area (Å²) in [4.78, 5) is 27.6. The molecule has 1 aliphatic carbocycles. The lowest BCUT2D eigenvalue weighted by atomic mass is 10.1. The minimum atomic E-state index is -0.422. The molecule has 1 saturated carbocycles. The molecule has 5 heteroatoms. The number of H-pyrrole nitrogens is 1. The molecule has 0 radical (unpaired) electrons. The van der Waals surface area contributed by atoms with E-state index in [1.807, 2.05) is 30.3 Å². The highest BCUT2D eigenvalue weighted by atomic mass is 16.5. The standard InChI is InChI=1S/C20H18N2O3/c1-25-20(24)17-9-13(10-18-14(17)7-8-21-18)22-19(23)16-11-15(16)12-5-3-2-4-6-12/h2-10,15-16,21H,11H2,1H3,(H,22,23)/t15-,16?/m0/s1. The number of esters is 1. The molecule has 0 spiro atoms. The largest absolute Gasteiger partial charge is 0.465 e. The Morgan fingerprint density at radius 2 is 1.96 bits per heavy atom. The van der Waals surface area contributed by atoms with Crippen LogP contribution in [0.15, 0.2) is 54.7 Å². The number of aromatic amines is 1. The predicted octanol–water partition coefficient (Wildman–Crippen LogP) is 3.70. The van der Waals surface area contributed by atoms with E-state index in [2.05, 4.69) is 22.4 Å². The average Bonchev–Trinajstić information content (AvgIpc) is 3.31. The SMILES string of the molecule is COC(=O)c1cc(NC(=O)C2C[C@H]2c2ccccc2)cc2[nH]ccc12. The number of aromatic nitrogens is 1. The second kappa shape index (κ2) is 6.09. The Kier molecular flexibility index (Phi) is 3.76. The average molecular weight is 334 g/mol. The first-order valence-electron chi connectivity index (χ1n) is 8.22. The van der Waals surface area contributed by atoms with Crippen molar-refractivity contribution in [1.29, 1.82) is 0 Å². The molecule has 0 saturated heterocycles. The first kappa shape index (κ1) is 15.4. The van der Waals surface area contributed by atoms with Crippen LogP contribution in [0.4, 0.5) is 5.69 Å². The minimum absolute atomic E-state index is 0.0180. The van der Waals surface area contributed by atoms with Crippen LogP contribution >= 0.6 is 0 Å².